The van der Waals surface area contributed by atoms with Crippen molar-refractivity contribution < 1.29 is 19.5 Å². The summed E-state index contributed by atoms with van der Waals surface area (Å²) in [5, 5.41) is 0. The van der Waals surface area contributed by atoms with Crippen LogP contribution < -0.4 is 0 Å². The maximum atomic E-state index is 4.64. The standard InChI is InChI=1S/Al.BH3Si.Zn.3H/c;1-2;;;;/h;2H3;;;;. The topological polar surface area (TPSA) is 0 Å². The van der Waals surface area contributed by atoms with Gasteiger partial charge in [-0.3, -0.25) is 0 Å². The van der Waals surface area contributed by atoms with Gasteiger partial charge in [-0.25, -0.2) is 0 Å². The molecule has 0 saturated carbocycles. The van der Waals surface area contributed by atoms with E-state index in [1.807, 2.05) is 0 Å². The molecule has 0 saturated heterocycles. The fraction of sp³-hybridized carbons (Fsp3) is 0. The van der Waals surface area contributed by atoms with Crippen LogP contribution in [0.15, 0.2) is 0 Å². The second-order valence-corrected chi connectivity index (χ2v) is 0. The van der Waals surface area contributed by atoms with Crippen molar-refractivity contribution in [3.8, 4) is 0 Å². The first-order valence-electron chi connectivity index (χ1n) is 0.577. The Kier molecular flexibility index (Phi) is 114. The van der Waals surface area contributed by atoms with Crippen molar-refractivity contribution in [3.63, 3.8) is 0 Å². The van der Waals surface area contributed by atoms with E-state index in [2.05, 4.69) is 7.44 Å². The smallest absolute Gasteiger partial charge is 0.0388 e. The first-order chi connectivity index (χ1) is 1.00. The summed E-state index contributed by atoms with van der Waals surface area (Å²) >= 11 is 0. The summed E-state index contributed by atoms with van der Waals surface area (Å²) in [6, 6.07) is 0. The van der Waals surface area contributed by atoms with Crippen LogP contribution >= 0.6 is 0 Å². The van der Waals surface area contributed by atoms with Gasteiger partial charge in [0.25, 0.3) is 0 Å². The van der Waals surface area contributed by atoms with Crippen molar-refractivity contribution in [2.24, 2.45) is 0 Å². The van der Waals surface area contributed by atoms with Gasteiger partial charge in [-0.15, -0.1) is 0 Å². The van der Waals surface area contributed by atoms with Crippen molar-refractivity contribution in [1.82, 2.24) is 0 Å². The minimum Gasteiger partial charge on any atom is -0.0388 e. The van der Waals surface area contributed by atoms with Gasteiger partial charge in [-0.1, -0.05) is 0 Å². The van der Waals surface area contributed by atoms with Crippen LogP contribution in [-0.4, -0.2) is 34.9 Å². The van der Waals surface area contributed by atoms with E-state index in [0.717, 1.165) is 10.1 Å². The molecule has 0 aliphatic rings. The second-order valence-electron chi connectivity index (χ2n) is 0. The first kappa shape index (κ1) is 18.0. The number of hydrogen-bond donors (Lipinski definition) is 0. The third-order valence-electron chi connectivity index (χ3n) is 0. The number of rotatable bonds is 0. The summed E-state index contributed by atoms with van der Waals surface area (Å²) in [7, 11) is 5.44. The van der Waals surface area contributed by atoms with Gasteiger partial charge < -0.3 is 0 Å². The van der Waals surface area contributed by atoms with Crippen LogP contribution in [0.3, 0.4) is 0 Å². The third kappa shape index (κ3) is 9.88. The zero-order valence-corrected chi connectivity index (χ0v) is 7.25. The van der Waals surface area contributed by atoms with Crippen LogP contribution in [0.4, 0.5) is 0 Å². The molecule has 0 aromatic rings. The van der Waals surface area contributed by atoms with Crippen molar-refractivity contribution >= 4 is 34.9 Å². The molecule has 0 spiro atoms. The third-order valence-corrected chi connectivity index (χ3v) is 0. The van der Waals surface area contributed by atoms with Crippen molar-refractivity contribution in [2.75, 3.05) is 0 Å². The Hall–Kier alpha value is 1.44. The molecule has 0 aliphatic carbocycles. The molecular weight excluding hydrogens is 131 g/mol. The van der Waals surface area contributed by atoms with Crippen LogP contribution in [0.25, 0.3) is 0 Å². The van der Waals surface area contributed by atoms with Gasteiger partial charge in [-0.05, 0) is 10.1 Å². The molecule has 2 radical (unpaired) electrons. The summed E-state index contributed by atoms with van der Waals surface area (Å²) in [5.41, 5.74) is 0. The molecule has 0 aromatic carbocycles. The molecule has 0 nitrogen and oxygen atoms in total. The van der Waals surface area contributed by atoms with Crippen LogP contribution in [0.1, 0.15) is 0 Å². The monoisotopic (exact) mass is 136 g/mol. The van der Waals surface area contributed by atoms with Gasteiger partial charge in [0.1, 0.15) is 0 Å². The van der Waals surface area contributed by atoms with E-state index in [4.69, 9.17) is 0 Å². The maximum absolute atomic E-state index is 4.64. The summed E-state index contributed by atoms with van der Waals surface area (Å²) in [6.45, 7) is 0. The number of hydrogen-bond acceptors (Lipinski definition) is 0. The largest absolute Gasteiger partial charge is 0.187 e. The Morgan fingerprint density at radius 1 is 1.25 bits per heavy atom. The van der Waals surface area contributed by atoms with E-state index < -0.39 is 0 Å². The van der Waals surface area contributed by atoms with Gasteiger partial charge in [0, 0.05) is 26.9 Å². The van der Waals surface area contributed by atoms with E-state index in [9.17, 15) is 0 Å². The second kappa shape index (κ2) is 25.4. The maximum Gasteiger partial charge on any atom is 0.187 e. The molecule has 0 fully saturated rings. The van der Waals surface area contributed by atoms with E-state index >= 15 is 0 Å². The average Bonchev–Trinajstić information content (AvgIpc) is 1.00. The predicted molar refractivity (Wildman–Crippen MR) is 25.6 cm³/mol. The Morgan fingerprint density at radius 2 is 1.25 bits per heavy atom. The molecule has 0 N–H and O–H groups in total. The summed E-state index contributed by atoms with van der Waals surface area (Å²) in [4.78, 5) is 0. The zero-order valence-electron chi connectivity index (χ0n) is 2.28. The van der Waals surface area contributed by atoms with Gasteiger partial charge in [0.2, 0.25) is 0 Å². The van der Waals surface area contributed by atoms with Crippen LogP contribution in [0.2, 0.25) is 0 Å². The summed E-state index contributed by atoms with van der Waals surface area (Å²) in [5.74, 6) is 0. The molecule has 0 bridgehead atoms. The van der Waals surface area contributed by atoms with E-state index in [-0.39, 0.29) is 36.8 Å². The van der Waals surface area contributed by atoms with Gasteiger partial charge in [0.15, 0.2) is 17.4 Å². The first-order valence-corrected chi connectivity index (χ1v) is 1.73. The molecule has 0 aromatic heterocycles. The van der Waals surface area contributed by atoms with Gasteiger partial charge in [0.05, 0.1) is 0 Å². The Labute approximate surface area is 54.4 Å². The Bertz CT molecular complexity index is 8.00. The molecule has 4 heteroatoms. The van der Waals surface area contributed by atoms with E-state index in [1.54, 1.807) is 0 Å². The Balaban J connectivity index is -0.00000000500. The fourth-order valence-corrected chi connectivity index (χ4v) is 0. The van der Waals surface area contributed by atoms with E-state index in [0.29, 0.717) is 0 Å². The van der Waals surface area contributed by atoms with Crippen molar-refractivity contribution in [1.29, 1.82) is 0 Å². The molecule has 0 atom stereocenters. The molecule has 0 heterocycles. The van der Waals surface area contributed by atoms with Gasteiger partial charge in [-0.2, -0.15) is 0 Å². The van der Waals surface area contributed by atoms with Crippen LogP contribution in [0, 0.1) is 0 Å². The fourth-order valence-electron chi connectivity index (χ4n) is 0. The molecule has 18 valence electrons. The minimum absolute atomic E-state index is 0. The van der Waals surface area contributed by atoms with Gasteiger partial charge >= 0.3 is 0 Å². The molecule has 0 aliphatic heterocycles. The molecule has 4 heavy (non-hydrogen) atoms. The molecule has 0 unspecified atom stereocenters. The Morgan fingerprint density at radius 3 is 1.25 bits per heavy atom. The molecule has 0 rings (SSSR count). The summed E-state index contributed by atoms with van der Waals surface area (Å²) in [6.07, 6.45) is 0. The minimum atomic E-state index is 0. The molecular formula is H6AlBSiZn. The normalized spacial score (nSPS) is 2.00. The average molecular weight is 137 g/mol. The molecule has 0 amide bonds. The zero-order chi connectivity index (χ0) is 2.00. The van der Waals surface area contributed by atoms with E-state index in [1.165, 1.54) is 0 Å². The SMILES string of the molecule is [AlH3].[B][SiH3].[Zn]. The van der Waals surface area contributed by atoms with Crippen molar-refractivity contribution in [3.05, 3.63) is 0 Å². The van der Waals surface area contributed by atoms with Crippen LogP contribution in [0.5, 0.6) is 0 Å². The summed E-state index contributed by atoms with van der Waals surface area (Å²) < 4.78 is 0. The van der Waals surface area contributed by atoms with Crippen molar-refractivity contribution in [2.45, 2.75) is 0 Å². The quantitative estimate of drug-likeness (QED) is 0.318. The predicted octanol–water partition coefficient (Wildman–Crippen LogP) is -2.75. The van der Waals surface area contributed by atoms with Crippen LogP contribution in [-0.2, 0) is 19.5 Å².